The Bertz CT molecular complexity index is 1150. The van der Waals surface area contributed by atoms with Gasteiger partial charge in [0.05, 0.1) is 18.1 Å². The number of hydrogen-bond donors (Lipinski definition) is 0. The van der Waals surface area contributed by atoms with E-state index in [0.717, 1.165) is 18.9 Å². The third-order valence-electron chi connectivity index (χ3n) is 4.69. The van der Waals surface area contributed by atoms with E-state index in [9.17, 15) is 8.78 Å². The fourth-order valence-corrected chi connectivity index (χ4v) is 3.06. The van der Waals surface area contributed by atoms with Gasteiger partial charge in [-0.1, -0.05) is 19.1 Å². The largest absolute Gasteiger partial charge is 0.480 e. The summed E-state index contributed by atoms with van der Waals surface area (Å²) in [7, 11) is 1.51. The number of hydrogen-bond acceptors (Lipinski definition) is 5. The first-order chi connectivity index (χ1) is 13.9. The molecule has 0 amide bonds. The Kier molecular flexibility index (Phi) is 4.70. The van der Waals surface area contributed by atoms with E-state index in [2.05, 4.69) is 20.2 Å². The SMILES string of the molecule is CCc1ccc(-c2nc3cc(C(C)(F)F)ccc3n2-c2ccc(OC)nn2)nc1. The number of rotatable bonds is 5. The molecule has 29 heavy (non-hydrogen) atoms. The molecule has 3 aromatic heterocycles. The van der Waals surface area contributed by atoms with Crippen molar-refractivity contribution in [1.29, 1.82) is 0 Å². The minimum atomic E-state index is -2.96. The van der Waals surface area contributed by atoms with Crippen molar-refractivity contribution >= 4 is 11.0 Å². The summed E-state index contributed by atoms with van der Waals surface area (Å²) in [5.41, 5.74) is 2.66. The number of benzene rings is 1. The van der Waals surface area contributed by atoms with E-state index < -0.39 is 5.92 Å². The normalized spacial score (nSPS) is 11.8. The van der Waals surface area contributed by atoms with Crippen molar-refractivity contribution in [3.05, 3.63) is 59.8 Å². The maximum atomic E-state index is 13.8. The number of fused-ring (bicyclic) bond motifs is 1. The maximum absolute atomic E-state index is 13.8. The average molecular weight is 395 g/mol. The minimum absolute atomic E-state index is 0.101. The zero-order valence-electron chi connectivity index (χ0n) is 16.2. The van der Waals surface area contributed by atoms with Crippen LogP contribution in [0.2, 0.25) is 0 Å². The zero-order chi connectivity index (χ0) is 20.6. The van der Waals surface area contributed by atoms with Gasteiger partial charge in [0.15, 0.2) is 11.6 Å². The molecular formula is C21H19F2N5O. The fourth-order valence-electron chi connectivity index (χ4n) is 3.06. The van der Waals surface area contributed by atoms with Gasteiger partial charge in [0.25, 0.3) is 5.92 Å². The van der Waals surface area contributed by atoms with Crippen molar-refractivity contribution in [2.45, 2.75) is 26.2 Å². The number of ether oxygens (including phenoxy) is 1. The monoisotopic (exact) mass is 395 g/mol. The highest BCUT2D eigenvalue weighted by atomic mass is 19.3. The van der Waals surface area contributed by atoms with Crippen LogP contribution in [-0.2, 0) is 12.3 Å². The highest BCUT2D eigenvalue weighted by Gasteiger charge is 2.26. The predicted molar refractivity (Wildman–Crippen MR) is 105 cm³/mol. The van der Waals surface area contributed by atoms with Crippen LogP contribution in [0.1, 0.15) is 25.0 Å². The van der Waals surface area contributed by atoms with Crippen molar-refractivity contribution in [2.75, 3.05) is 7.11 Å². The Morgan fingerprint density at radius 3 is 2.48 bits per heavy atom. The molecule has 4 rings (SSSR count). The molecule has 0 bridgehead atoms. The molecule has 4 aromatic rings. The lowest BCUT2D eigenvalue weighted by atomic mass is 10.1. The molecule has 0 saturated carbocycles. The van der Waals surface area contributed by atoms with Gasteiger partial charge in [-0.2, -0.15) is 0 Å². The average Bonchev–Trinajstić information content (AvgIpc) is 3.12. The van der Waals surface area contributed by atoms with E-state index in [1.807, 2.05) is 19.1 Å². The van der Waals surface area contributed by atoms with Crippen molar-refractivity contribution in [3.8, 4) is 23.2 Å². The number of methoxy groups -OCH3 is 1. The van der Waals surface area contributed by atoms with Crippen LogP contribution in [0, 0.1) is 0 Å². The third-order valence-corrected chi connectivity index (χ3v) is 4.69. The van der Waals surface area contributed by atoms with E-state index in [1.165, 1.54) is 19.2 Å². The molecule has 1 aromatic carbocycles. The van der Waals surface area contributed by atoms with Crippen LogP contribution in [0.3, 0.4) is 0 Å². The van der Waals surface area contributed by atoms with E-state index in [4.69, 9.17) is 4.74 Å². The lowest BCUT2D eigenvalue weighted by molar-refractivity contribution is 0.0176. The number of aryl methyl sites for hydroxylation is 1. The second kappa shape index (κ2) is 7.20. The summed E-state index contributed by atoms with van der Waals surface area (Å²) in [6.45, 7) is 2.91. The Morgan fingerprint density at radius 1 is 1.07 bits per heavy atom. The van der Waals surface area contributed by atoms with Crippen LogP contribution in [0.25, 0.3) is 28.4 Å². The number of alkyl halides is 2. The Hall–Kier alpha value is -3.42. The summed E-state index contributed by atoms with van der Waals surface area (Å²) in [5, 5.41) is 8.22. The number of pyridine rings is 1. The molecule has 0 saturated heterocycles. The van der Waals surface area contributed by atoms with E-state index in [0.29, 0.717) is 34.2 Å². The highest BCUT2D eigenvalue weighted by molar-refractivity contribution is 5.83. The van der Waals surface area contributed by atoms with Crippen LogP contribution in [0.4, 0.5) is 8.78 Å². The van der Waals surface area contributed by atoms with Crippen LogP contribution in [-0.4, -0.2) is 31.8 Å². The van der Waals surface area contributed by atoms with Gasteiger partial charge in [-0.25, -0.2) is 13.8 Å². The first-order valence-corrected chi connectivity index (χ1v) is 9.15. The second-order valence-electron chi connectivity index (χ2n) is 6.70. The third kappa shape index (κ3) is 3.53. The summed E-state index contributed by atoms with van der Waals surface area (Å²) in [6, 6.07) is 11.7. The van der Waals surface area contributed by atoms with Gasteiger partial charge in [0, 0.05) is 24.8 Å². The van der Waals surface area contributed by atoms with Gasteiger partial charge in [-0.05, 0) is 36.2 Å². The summed E-state index contributed by atoms with van der Waals surface area (Å²) in [5.74, 6) is -1.60. The zero-order valence-corrected chi connectivity index (χ0v) is 16.2. The second-order valence-corrected chi connectivity index (χ2v) is 6.70. The summed E-state index contributed by atoms with van der Waals surface area (Å²) >= 11 is 0. The maximum Gasteiger partial charge on any atom is 0.270 e. The topological polar surface area (TPSA) is 65.7 Å². The number of aromatic nitrogens is 5. The molecule has 0 spiro atoms. The summed E-state index contributed by atoms with van der Waals surface area (Å²) < 4.78 is 34.5. The molecule has 6 nitrogen and oxygen atoms in total. The summed E-state index contributed by atoms with van der Waals surface area (Å²) in [4.78, 5) is 9.10. The lowest BCUT2D eigenvalue weighted by Gasteiger charge is -2.11. The smallest absolute Gasteiger partial charge is 0.270 e. The van der Waals surface area contributed by atoms with Gasteiger partial charge < -0.3 is 4.74 Å². The fraction of sp³-hybridized carbons (Fsp3) is 0.238. The van der Waals surface area contributed by atoms with E-state index >= 15 is 0 Å². The van der Waals surface area contributed by atoms with Crippen molar-refractivity contribution in [1.82, 2.24) is 24.7 Å². The molecule has 0 fully saturated rings. The first-order valence-electron chi connectivity index (χ1n) is 9.15. The van der Waals surface area contributed by atoms with Crippen molar-refractivity contribution < 1.29 is 13.5 Å². The molecular weight excluding hydrogens is 376 g/mol. The van der Waals surface area contributed by atoms with Gasteiger partial charge >= 0.3 is 0 Å². The van der Waals surface area contributed by atoms with Gasteiger partial charge in [-0.3, -0.25) is 9.55 Å². The molecule has 0 radical (unpaired) electrons. The Labute approximate surface area is 166 Å². The quantitative estimate of drug-likeness (QED) is 0.496. The molecule has 0 aliphatic carbocycles. The number of imidazole rings is 1. The standard InChI is InChI=1S/C21H19F2N5O/c1-4-13-5-7-15(24-12-13)20-25-16-11-14(21(2,22)23)6-8-17(16)28(20)18-9-10-19(29-3)27-26-18/h5-12H,4H2,1-3H3. The minimum Gasteiger partial charge on any atom is -0.480 e. The highest BCUT2D eigenvalue weighted by Crippen LogP contribution is 2.32. The van der Waals surface area contributed by atoms with Crippen molar-refractivity contribution in [2.24, 2.45) is 0 Å². The van der Waals surface area contributed by atoms with Crippen molar-refractivity contribution in [3.63, 3.8) is 0 Å². The number of nitrogens with zero attached hydrogens (tertiary/aromatic N) is 5. The molecule has 0 N–H and O–H groups in total. The lowest BCUT2D eigenvalue weighted by Crippen LogP contribution is -2.06. The molecule has 0 aliphatic heterocycles. The van der Waals surface area contributed by atoms with E-state index in [-0.39, 0.29) is 5.56 Å². The van der Waals surface area contributed by atoms with Gasteiger partial charge in [0.1, 0.15) is 5.69 Å². The molecule has 148 valence electrons. The first kappa shape index (κ1) is 18.9. The predicted octanol–water partition coefficient (Wildman–Crippen LogP) is 4.56. The molecule has 0 unspecified atom stereocenters. The van der Waals surface area contributed by atoms with Crippen LogP contribution < -0.4 is 4.74 Å². The van der Waals surface area contributed by atoms with Crippen LogP contribution >= 0.6 is 0 Å². The Balaban J connectivity index is 1.95. The van der Waals surface area contributed by atoms with Crippen LogP contribution in [0.5, 0.6) is 5.88 Å². The Morgan fingerprint density at radius 2 is 1.90 bits per heavy atom. The molecule has 8 heteroatoms. The molecule has 0 atom stereocenters. The van der Waals surface area contributed by atoms with Gasteiger partial charge in [0.2, 0.25) is 5.88 Å². The molecule has 3 heterocycles. The van der Waals surface area contributed by atoms with E-state index in [1.54, 1.807) is 29.0 Å². The molecule has 0 aliphatic rings. The van der Waals surface area contributed by atoms with Crippen LogP contribution in [0.15, 0.2) is 48.7 Å². The number of halogens is 2. The summed E-state index contributed by atoms with van der Waals surface area (Å²) in [6.07, 6.45) is 2.65. The van der Waals surface area contributed by atoms with Gasteiger partial charge in [-0.15, -0.1) is 10.2 Å².